The fourth-order valence-corrected chi connectivity index (χ4v) is 2.16. The topological polar surface area (TPSA) is 63.8 Å². The molecule has 2 heterocycles. The van der Waals surface area contributed by atoms with Crippen LogP contribution < -0.4 is 11.1 Å². The van der Waals surface area contributed by atoms with Gasteiger partial charge in [0.15, 0.2) is 0 Å². The molecule has 1 aromatic rings. The van der Waals surface area contributed by atoms with Crippen LogP contribution in [0, 0.1) is 12.8 Å². The minimum Gasteiger partial charge on any atom is -0.368 e. The lowest BCUT2D eigenvalue weighted by atomic mass is 9.94. The molecule has 0 radical (unpaired) electrons. The molecule has 0 aromatic carbocycles. The van der Waals surface area contributed by atoms with Crippen molar-refractivity contribution in [2.45, 2.75) is 26.2 Å². The van der Waals surface area contributed by atoms with Crippen LogP contribution in [0.1, 0.15) is 24.2 Å². The number of anilines is 1. The fourth-order valence-electron chi connectivity index (χ4n) is 2.16. The molecule has 1 aliphatic heterocycles. The molecule has 1 aromatic heterocycles. The molecule has 0 amide bonds. The SMILES string of the molecule is Cc1cc(CC2CCCNC2)nc(N)n1. The number of nitrogens with two attached hydrogens (primary N) is 1. The van der Waals surface area contributed by atoms with Gasteiger partial charge >= 0.3 is 0 Å². The standard InChI is InChI=1S/C11H18N4/c1-8-5-10(15-11(12)14-8)6-9-3-2-4-13-7-9/h5,9,13H,2-4,6-7H2,1H3,(H2,12,14,15). The number of nitrogens with one attached hydrogen (secondary N) is 1. The first kappa shape index (κ1) is 10.4. The Morgan fingerprint density at radius 3 is 3.07 bits per heavy atom. The van der Waals surface area contributed by atoms with E-state index in [1.54, 1.807) is 0 Å². The van der Waals surface area contributed by atoms with E-state index in [2.05, 4.69) is 15.3 Å². The molecular weight excluding hydrogens is 188 g/mol. The Bertz CT molecular complexity index is 311. The molecule has 2 rings (SSSR count). The number of piperidine rings is 1. The van der Waals surface area contributed by atoms with Gasteiger partial charge in [0, 0.05) is 11.4 Å². The summed E-state index contributed by atoms with van der Waals surface area (Å²) in [6, 6.07) is 2.03. The highest BCUT2D eigenvalue weighted by molar-refractivity contribution is 5.22. The van der Waals surface area contributed by atoms with E-state index in [1.165, 1.54) is 12.8 Å². The Labute approximate surface area is 90.3 Å². The molecule has 1 aliphatic rings. The van der Waals surface area contributed by atoms with Crippen molar-refractivity contribution in [2.75, 3.05) is 18.8 Å². The largest absolute Gasteiger partial charge is 0.368 e. The number of nitrogen functional groups attached to an aromatic ring is 1. The highest BCUT2D eigenvalue weighted by atomic mass is 15.0. The zero-order chi connectivity index (χ0) is 10.7. The molecule has 1 fully saturated rings. The van der Waals surface area contributed by atoms with Crippen LogP contribution in [0.4, 0.5) is 5.95 Å². The van der Waals surface area contributed by atoms with Gasteiger partial charge in [0.25, 0.3) is 0 Å². The monoisotopic (exact) mass is 206 g/mol. The summed E-state index contributed by atoms with van der Waals surface area (Å²) < 4.78 is 0. The summed E-state index contributed by atoms with van der Waals surface area (Å²) in [4.78, 5) is 8.35. The van der Waals surface area contributed by atoms with Gasteiger partial charge in [0.2, 0.25) is 5.95 Å². The minimum absolute atomic E-state index is 0.397. The van der Waals surface area contributed by atoms with Crippen molar-refractivity contribution in [3.05, 3.63) is 17.5 Å². The van der Waals surface area contributed by atoms with E-state index in [4.69, 9.17) is 5.73 Å². The Hall–Kier alpha value is -1.16. The highest BCUT2D eigenvalue weighted by Gasteiger charge is 2.14. The third-order valence-electron chi connectivity index (χ3n) is 2.82. The van der Waals surface area contributed by atoms with E-state index < -0.39 is 0 Å². The van der Waals surface area contributed by atoms with Crippen LogP contribution in [-0.4, -0.2) is 23.1 Å². The van der Waals surface area contributed by atoms with Crippen LogP contribution in [0.3, 0.4) is 0 Å². The number of rotatable bonds is 2. The van der Waals surface area contributed by atoms with E-state index in [1.807, 2.05) is 13.0 Å². The molecular formula is C11H18N4. The molecule has 82 valence electrons. The average molecular weight is 206 g/mol. The second kappa shape index (κ2) is 4.57. The summed E-state index contributed by atoms with van der Waals surface area (Å²) in [6.07, 6.45) is 3.57. The summed E-state index contributed by atoms with van der Waals surface area (Å²) in [6.45, 7) is 4.21. The number of aromatic nitrogens is 2. The number of hydrogen-bond donors (Lipinski definition) is 2. The van der Waals surface area contributed by atoms with Crippen molar-refractivity contribution in [3.63, 3.8) is 0 Å². The van der Waals surface area contributed by atoms with Crippen molar-refractivity contribution in [1.29, 1.82) is 0 Å². The van der Waals surface area contributed by atoms with E-state index in [9.17, 15) is 0 Å². The maximum Gasteiger partial charge on any atom is 0.220 e. The maximum absolute atomic E-state index is 5.63. The van der Waals surface area contributed by atoms with E-state index in [0.29, 0.717) is 11.9 Å². The molecule has 4 nitrogen and oxygen atoms in total. The lowest BCUT2D eigenvalue weighted by molar-refractivity contribution is 0.373. The zero-order valence-electron chi connectivity index (χ0n) is 9.16. The fraction of sp³-hybridized carbons (Fsp3) is 0.636. The van der Waals surface area contributed by atoms with Crippen molar-refractivity contribution >= 4 is 5.95 Å². The van der Waals surface area contributed by atoms with Gasteiger partial charge in [-0.05, 0) is 51.3 Å². The van der Waals surface area contributed by atoms with Crippen LogP contribution >= 0.6 is 0 Å². The summed E-state index contributed by atoms with van der Waals surface area (Å²) in [5.41, 5.74) is 7.66. The molecule has 4 heteroatoms. The van der Waals surface area contributed by atoms with Crippen LogP contribution in [0.25, 0.3) is 0 Å². The molecule has 1 saturated heterocycles. The maximum atomic E-state index is 5.63. The first-order chi connectivity index (χ1) is 7.24. The average Bonchev–Trinajstić information content (AvgIpc) is 2.17. The van der Waals surface area contributed by atoms with E-state index in [0.717, 1.165) is 30.9 Å². The number of nitrogens with zero attached hydrogens (tertiary/aromatic N) is 2. The summed E-state index contributed by atoms with van der Waals surface area (Å²) in [7, 11) is 0. The van der Waals surface area contributed by atoms with E-state index >= 15 is 0 Å². The van der Waals surface area contributed by atoms with Crippen LogP contribution in [0.5, 0.6) is 0 Å². The van der Waals surface area contributed by atoms with Crippen molar-refractivity contribution < 1.29 is 0 Å². The quantitative estimate of drug-likeness (QED) is 0.755. The Morgan fingerprint density at radius 1 is 1.53 bits per heavy atom. The van der Waals surface area contributed by atoms with Crippen molar-refractivity contribution in [3.8, 4) is 0 Å². The van der Waals surface area contributed by atoms with Crippen LogP contribution in [0.2, 0.25) is 0 Å². The highest BCUT2D eigenvalue weighted by Crippen LogP contribution is 2.15. The van der Waals surface area contributed by atoms with Gasteiger partial charge in [0.1, 0.15) is 0 Å². The molecule has 3 N–H and O–H groups in total. The van der Waals surface area contributed by atoms with Crippen molar-refractivity contribution in [1.82, 2.24) is 15.3 Å². The van der Waals surface area contributed by atoms with Gasteiger partial charge in [-0.1, -0.05) is 0 Å². The molecule has 15 heavy (non-hydrogen) atoms. The minimum atomic E-state index is 0.397. The van der Waals surface area contributed by atoms with Gasteiger partial charge in [0.05, 0.1) is 0 Å². The molecule has 1 unspecified atom stereocenters. The molecule has 0 aliphatic carbocycles. The Morgan fingerprint density at radius 2 is 2.40 bits per heavy atom. The number of hydrogen-bond acceptors (Lipinski definition) is 4. The molecule has 1 atom stereocenters. The third kappa shape index (κ3) is 2.89. The normalized spacial score (nSPS) is 21.5. The lowest BCUT2D eigenvalue weighted by Gasteiger charge is -2.22. The second-order valence-electron chi connectivity index (χ2n) is 4.28. The first-order valence-corrected chi connectivity index (χ1v) is 5.55. The molecule has 0 spiro atoms. The molecule has 0 saturated carbocycles. The zero-order valence-corrected chi connectivity index (χ0v) is 9.16. The van der Waals surface area contributed by atoms with Gasteiger partial charge < -0.3 is 11.1 Å². The van der Waals surface area contributed by atoms with E-state index in [-0.39, 0.29) is 0 Å². The summed E-state index contributed by atoms with van der Waals surface area (Å²) in [5, 5.41) is 3.41. The van der Waals surface area contributed by atoms with Crippen LogP contribution in [0.15, 0.2) is 6.07 Å². The van der Waals surface area contributed by atoms with Crippen molar-refractivity contribution in [2.24, 2.45) is 5.92 Å². The smallest absolute Gasteiger partial charge is 0.220 e. The predicted molar refractivity (Wildman–Crippen MR) is 60.5 cm³/mol. The second-order valence-corrected chi connectivity index (χ2v) is 4.28. The Kier molecular flexibility index (Phi) is 3.16. The predicted octanol–water partition coefficient (Wildman–Crippen LogP) is 0.909. The summed E-state index contributed by atoms with van der Waals surface area (Å²) >= 11 is 0. The third-order valence-corrected chi connectivity index (χ3v) is 2.82. The van der Waals surface area contributed by atoms with Gasteiger partial charge in [-0.2, -0.15) is 0 Å². The first-order valence-electron chi connectivity index (χ1n) is 5.55. The molecule has 0 bridgehead atoms. The van der Waals surface area contributed by atoms with Gasteiger partial charge in [-0.3, -0.25) is 0 Å². The number of aryl methyl sites for hydroxylation is 1. The van der Waals surface area contributed by atoms with Crippen LogP contribution in [-0.2, 0) is 6.42 Å². The van der Waals surface area contributed by atoms with Gasteiger partial charge in [-0.25, -0.2) is 9.97 Å². The Balaban J connectivity index is 2.02. The summed E-state index contributed by atoms with van der Waals surface area (Å²) in [5.74, 6) is 1.10. The van der Waals surface area contributed by atoms with Gasteiger partial charge in [-0.15, -0.1) is 0 Å². The lowest BCUT2D eigenvalue weighted by Crippen LogP contribution is -2.31.